The second-order valence-corrected chi connectivity index (χ2v) is 7.22. The molecule has 1 rings (SSSR count). The molecule has 0 aliphatic rings. The number of hydrogen-bond donors (Lipinski definition) is 2. The summed E-state index contributed by atoms with van der Waals surface area (Å²) in [4.78, 5) is 4.65. The summed E-state index contributed by atoms with van der Waals surface area (Å²) < 4.78 is 7.60. The van der Waals surface area contributed by atoms with E-state index in [1.807, 2.05) is 6.92 Å². The Morgan fingerprint density at radius 3 is 2.63 bits per heavy atom. The molecule has 0 spiro atoms. The molecular formula is C18H37IN6OS. The van der Waals surface area contributed by atoms with Gasteiger partial charge in [-0.1, -0.05) is 25.6 Å². The van der Waals surface area contributed by atoms with Gasteiger partial charge in [0.25, 0.3) is 0 Å². The van der Waals surface area contributed by atoms with Gasteiger partial charge in [0.2, 0.25) is 0 Å². The second kappa shape index (κ2) is 16.4. The van der Waals surface area contributed by atoms with Gasteiger partial charge in [-0.3, -0.25) is 4.99 Å². The van der Waals surface area contributed by atoms with E-state index in [0.717, 1.165) is 75.6 Å². The molecule has 1 heterocycles. The van der Waals surface area contributed by atoms with Crippen molar-refractivity contribution in [2.45, 2.75) is 58.7 Å². The molecule has 7 nitrogen and oxygen atoms in total. The fourth-order valence-electron chi connectivity index (χ4n) is 2.50. The van der Waals surface area contributed by atoms with Crippen LogP contribution in [0.4, 0.5) is 0 Å². The number of nitrogens with one attached hydrogen (secondary N) is 2. The maximum Gasteiger partial charge on any atom is 0.191 e. The van der Waals surface area contributed by atoms with Crippen LogP contribution in [0.2, 0.25) is 0 Å². The molecule has 27 heavy (non-hydrogen) atoms. The molecule has 2 N–H and O–H groups in total. The van der Waals surface area contributed by atoms with Gasteiger partial charge < -0.3 is 19.9 Å². The van der Waals surface area contributed by atoms with Gasteiger partial charge in [-0.2, -0.15) is 0 Å². The highest BCUT2D eigenvalue weighted by molar-refractivity contribution is 14.0. The number of thioether (sulfide) groups is 1. The van der Waals surface area contributed by atoms with Crippen LogP contribution in [-0.4, -0.2) is 59.8 Å². The first-order valence-corrected chi connectivity index (χ1v) is 10.9. The number of aromatic nitrogens is 3. The topological polar surface area (TPSA) is 76.4 Å². The normalized spacial score (nSPS) is 11.6. The molecule has 1 aromatic heterocycles. The minimum absolute atomic E-state index is 0. The average Bonchev–Trinajstić information content (AvgIpc) is 2.99. The maximum absolute atomic E-state index is 5.36. The number of nitrogens with zero attached hydrogens (tertiary/aromatic N) is 4. The second-order valence-electron chi connectivity index (χ2n) is 6.45. The van der Waals surface area contributed by atoms with Gasteiger partial charge in [0, 0.05) is 45.8 Å². The molecule has 0 saturated carbocycles. The molecule has 0 unspecified atom stereocenters. The highest BCUT2D eigenvalue weighted by Gasteiger charge is 2.12. The fraction of sp³-hybridized carbons (Fsp3) is 0.833. The van der Waals surface area contributed by atoms with Crippen LogP contribution in [0, 0.1) is 5.92 Å². The summed E-state index contributed by atoms with van der Waals surface area (Å²) in [6.07, 6.45) is 4.89. The highest BCUT2D eigenvalue weighted by Crippen LogP contribution is 2.16. The number of rotatable bonds is 13. The van der Waals surface area contributed by atoms with E-state index in [0.29, 0.717) is 5.92 Å². The minimum Gasteiger partial charge on any atom is -0.382 e. The van der Waals surface area contributed by atoms with Crippen LogP contribution in [0.15, 0.2) is 10.1 Å². The Labute approximate surface area is 185 Å². The van der Waals surface area contributed by atoms with E-state index in [2.05, 4.69) is 57.4 Å². The first-order chi connectivity index (χ1) is 12.6. The van der Waals surface area contributed by atoms with Gasteiger partial charge >= 0.3 is 0 Å². The zero-order chi connectivity index (χ0) is 19.2. The first kappa shape index (κ1) is 26.4. The molecule has 0 aliphatic carbocycles. The summed E-state index contributed by atoms with van der Waals surface area (Å²) in [5, 5.41) is 16.3. The number of ether oxygens (including phenoxy) is 1. The number of guanidine groups is 1. The number of halogens is 1. The van der Waals surface area contributed by atoms with Crippen molar-refractivity contribution in [3.05, 3.63) is 5.82 Å². The van der Waals surface area contributed by atoms with Gasteiger partial charge in [-0.15, -0.1) is 34.2 Å². The lowest BCUT2D eigenvalue weighted by molar-refractivity contribution is 0.145. The highest BCUT2D eigenvalue weighted by atomic mass is 127. The third-order valence-electron chi connectivity index (χ3n) is 3.66. The Morgan fingerprint density at radius 2 is 2.00 bits per heavy atom. The van der Waals surface area contributed by atoms with Crippen molar-refractivity contribution in [2.75, 3.05) is 39.1 Å². The van der Waals surface area contributed by atoms with Crippen LogP contribution in [-0.2, 0) is 17.7 Å². The summed E-state index contributed by atoms with van der Waals surface area (Å²) in [5.41, 5.74) is 0. The molecule has 0 saturated heterocycles. The van der Waals surface area contributed by atoms with E-state index < -0.39 is 0 Å². The van der Waals surface area contributed by atoms with Crippen LogP contribution >= 0.6 is 35.7 Å². The molecule has 0 fully saturated rings. The van der Waals surface area contributed by atoms with Crippen molar-refractivity contribution in [1.29, 1.82) is 0 Å². The van der Waals surface area contributed by atoms with Crippen LogP contribution in [0.5, 0.6) is 0 Å². The van der Waals surface area contributed by atoms with E-state index in [4.69, 9.17) is 4.74 Å². The molecular weight excluding hydrogens is 475 g/mol. The van der Waals surface area contributed by atoms with E-state index in [9.17, 15) is 0 Å². The molecule has 0 aliphatic heterocycles. The molecule has 0 amide bonds. The van der Waals surface area contributed by atoms with Crippen molar-refractivity contribution in [2.24, 2.45) is 10.9 Å². The van der Waals surface area contributed by atoms with Crippen molar-refractivity contribution < 1.29 is 4.74 Å². The summed E-state index contributed by atoms with van der Waals surface area (Å²) in [5.74, 6) is 2.51. The van der Waals surface area contributed by atoms with Crippen LogP contribution in [0.1, 0.15) is 46.4 Å². The molecule has 1 aromatic rings. The van der Waals surface area contributed by atoms with Gasteiger partial charge in [-0.25, -0.2) is 0 Å². The van der Waals surface area contributed by atoms with Gasteiger partial charge in [0.05, 0.1) is 0 Å². The quantitative estimate of drug-likeness (QED) is 0.139. The summed E-state index contributed by atoms with van der Waals surface area (Å²) in [6, 6.07) is 0. The fourth-order valence-corrected chi connectivity index (χ4v) is 3.02. The molecule has 0 atom stereocenters. The molecule has 9 heteroatoms. The van der Waals surface area contributed by atoms with E-state index >= 15 is 0 Å². The predicted molar refractivity (Wildman–Crippen MR) is 125 cm³/mol. The van der Waals surface area contributed by atoms with Crippen molar-refractivity contribution >= 4 is 41.7 Å². The molecule has 0 radical (unpaired) electrons. The van der Waals surface area contributed by atoms with E-state index in [-0.39, 0.29) is 24.0 Å². The van der Waals surface area contributed by atoms with Crippen LogP contribution < -0.4 is 10.6 Å². The predicted octanol–water partition coefficient (Wildman–Crippen LogP) is 3.19. The molecule has 0 bridgehead atoms. The third kappa shape index (κ3) is 11.1. The Bertz CT molecular complexity index is 524. The van der Waals surface area contributed by atoms with Gasteiger partial charge in [0.15, 0.2) is 11.1 Å². The Morgan fingerprint density at radius 1 is 1.22 bits per heavy atom. The standard InChI is InChI=1S/C18H36N6OS.HI/c1-6-19-17(21-12-9-13-25-7-2)20-11-8-10-16-22-23-18(26-5)24(16)14-15(3)4;/h15H,6-14H2,1-5H3,(H2,19,20,21);1H. The first-order valence-electron chi connectivity index (χ1n) is 9.68. The average molecular weight is 513 g/mol. The third-order valence-corrected chi connectivity index (χ3v) is 4.33. The summed E-state index contributed by atoms with van der Waals surface area (Å²) in [7, 11) is 0. The number of hydrogen-bond acceptors (Lipinski definition) is 5. The van der Waals surface area contributed by atoms with Gasteiger partial charge in [-0.05, 0) is 38.9 Å². The maximum atomic E-state index is 5.36. The lowest BCUT2D eigenvalue weighted by Gasteiger charge is -2.12. The largest absolute Gasteiger partial charge is 0.382 e. The van der Waals surface area contributed by atoms with Crippen LogP contribution in [0.25, 0.3) is 0 Å². The Balaban J connectivity index is 0.00000676. The van der Waals surface area contributed by atoms with E-state index in [1.165, 1.54) is 0 Å². The lowest BCUT2D eigenvalue weighted by Crippen LogP contribution is -2.38. The smallest absolute Gasteiger partial charge is 0.191 e. The number of aryl methyl sites for hydroxylation is 1. The lowest BCUT2D eigenvalue weighted by atomic mass is 10.2. The zero-order valence-corrected chi connectivity index (χ0v) is 20.6. The SMILES string of the molecule is CCNC(=NCCCc1nnc(SC)n1CC(C)C)NCCCOCC.I. The zero-order valence-electron chi connectivity index (χ0n) is 17.5. The van der Waals surface area contributed by atoms with Gasteiger partial charge in [0.1, 0.15) is 5.82 Å². The van der Waals surface area contributed by atoms with E-state index in [1.54, 1.807) is 11.8 Å². The number of aliphatic imine (C=N–C) groups is 1. The Hall–Kier alpha value is -0.550. The Kier molecular flexibility index (Phi) is 16.1. The summed E-state index contributed by atoms with van der Waals surface area (Å²) >= 11 is 1.66. The van der Waals surface area contributed by atoms with Crippen molar-refractivity contribution in [1.82, 2.24) is 25.4 Å². The minimum atomic E-state index is 0. The molecule has 0 aromatic carbocycles. The van der Waals surface area contributed by atoms with Crippen molar-refractivity contribution in [3.8, 4) is 0 Å². The molecule has 158 valence electrons. The summed E-state index contributed by atoms with van der Waals surface area (Å²) in [6.45, 7) is 13.5. The monoisotopic (exact) mass is 512 g/mol. The van der Waals surface area contributed by atoms with Crippen LogP contribution in [0.3, 0.4) is 0 Å². The van der Waals surface area contributed by atoms with Crippen molar-refractivity contribution in [3.63, 3.8) is 0 Å².